The molecule has 1 heterocycles. The van der Waals surface area contributed by atoms with Gasteiger partial charge in [0.05, 0.1) is 45.3 Å². The van der Waals surface area contributed by atoms with Crippen molar-refractivity contribution in [3.05, 3.63) is 18.5 Å². The van der Waals surface area contributed by atoms with Crippen LogP contribution in [0.15, 0.2) is 18.5 Å². The van der Waals surface area contributed by atoms with Crippen LogP contribution in [-0.4, -0.2) is 44.3 Å². The van der Waals surface area contributed by atoms with Crippen LogP contribution in [0, 0.1) is 0 Å². The van der Waals surface area contributed by atoms with E-state index in [1.54, 1.807) is 6.33 Å². The Labute approximate surface area is 131 Å². The van der Waals surface area contributed by atoms with Gasteiger partial charge >= 0.3 is 0 Å². The molecule has 0 saturated heterocycles. The molecule has 0 aliphatic carbocycles. The lowest BCUT2D eigenvalue weighted by Crippen LogP contribution is -3.00. The lowest BCUT2D eigenvalue weighted by atomic mass is 10.2. The van der Waals surface area contributed by atoms with Crippen LogP contribution in [0.3, 0.4) is 0 Å². The van der Waals surface area contributed by atoms with E-state index >= 15 is 0 Å². The van der Waals surface area contributed by atoms with Crippen molar-refractivity contribution in [2.75, 3.05) is 34.4 Å². The zero-order chi connectivity index (χ0) is 14.8. The highest BCUT2D eigenvalue weighted by Crippen LogP contribution is 2.35. The Balaban J connectivity index is 0.00000220. The summed E-state index contributed by atoms with van der Waals surface area (Å²) in [6, 6.07) is 3.90. The molecule has 0 aliphatic rings. The highest BCUT2D eigenvalue weighted by molar-refractivity contribution is 5.91. The van der Waals surface area contributed by atoms with Crippen molar-refractivity contribution >= 4 is 16.7 Å². The lowest BCUT2D eigenvalue weighted by Gasteiger charge is -2.23. The molecule has 0 aliphatic heterocycles. The van der Waals surface area contributed by atoms with Crippen LogP contribution in [0.2, 0.25) is 0 Å². The molecule has 0 bridgehead atoms. The highest BCUT2D eigenvalue weighted by atomic mass is 35.5. The third-order valence-electron chi connectivity index (χ3n) is 2.91. The maximum atomic E-state index is 5.68. The van der Waals surface area contributed by atoms with Crippen LogP contribution in [0.25, 0.3) is 10.9 Å². The van der Waals surface area contributed by atoms with Gasteiger partial charge in [0.25, 0.3) is 0 Å². The topological polar surface area (TPSA) is 44.2 Å². The average Bonchev–Trinajstić information content (AvgIpc) is 2.38. The number of hydrogen-bond acceptors (Lipinski definition) is 4. The molecular formula is C15H22ClN3O2. The molecule has 21 heavy (non-hydrogen) atoms. The van der Waals surface area contributed by atoms with Crippen molar-refractivity contribution in [1.82, 2.24) is 14.5 Å². The van der Waals surface area contributed by atoms with Gasteiger partial charge in [-0.05, 0) is 13.8 Å². The predicted molar refractivity (Wildman–Crippen MR) is 81.4 cm³/mol. The Morgan fingerprint density at radius 3 is 2.05 bits per heavy atom. The van der Waals surface area contributed by atoms with Crippen LogP contribution in [-0.2, 0) is 0 Å². The summed E-state index contributed by atoms with van der Waals surface area (Å²) in [5, 5.41) is 0.993. The third-order valence-corrected chi connectivity index (χ3v) is 2.91. The number of nitrogens with zero attached hydrogens (tertiary/aromatic N) is 3. The van der Waals surface area contributed by atoms with E-state index < -0.39 is 0 Å². The number of halogens is 1. The number of ether oxygens (including phenoxy) is 2. The molecule has 0 N–H and O–H groups in total. The van der Waals surface area contributed by atoms with Gasteiger partial charge in [-0.25, -0.2) is 4.98 Å². The monoisotopic (exact) mass is 311 g/mol. The Morgan fingerprint density at radius 1 is 0.952 bits per heavy atom. The number of hydrogen-bond donors (Lipinski definition) is 0. The minimum Gasteiger partial charge on any atom is -1.00 e. The standard InChI is InChI=1S/C15H22N3O2.ClH/c1-6-19-13-8-11-12(9-14(13)20-7-2)16-10-17-15(11)18(3,4)5;/h8-10H,6-7H2,1-5H3;1H/q+1;/p-1. The molecule has 0 radical (unpaired) electrons. The molecule has 0 fully saturated rings. The SMILES string of the molecule is CCOc1cc2ncnc([N+](C)(C)C)c2cc1OCC.[Cl-]. The third kappa shape index (κ3) is 3.74. The Bertz CT molecular complexity index is 612. The van der Waals surface area contributed by atoms with E-state index in [9.17, 15) is 0 Å². The number of rotatable bonds is 5. The Morgan fingerprint density at radius 2 is 1.52 bits per heavy atom. The molecule has 0 spiro atoms. The van der Waals surface area contributed by atoms with Crippen LogP contribution in [0.5, 0.6) is 11.5 Å². The zero-order valence-electron chi connectivity index (χ0n) is 13.2. The normalized spacial score (nSPS) is 11.1. The second kappa shape index (κ2) is 6.91. The van der Waals surface area contributed by atoms with Gasteiger partial charge in [-0.1, -0.05) is 0 Å². The van der Waals surface area contributed by atoms with Crippen LogP contribution >= 0.6 is 0 Å². The molecule has 5 nitrogen and oxygen atoms in total. The van der Waals surface area contributed by atoms with Crippen LogP contribution in [0.1, 0.15) is 13.8 Å². The summed E-state index contributed by atoms with van der Waals surface area (Å²) in [4.78, 5) is 8.76. The molecule has 1 aromatic carbocycles. The van der Waals surface area contributed by atoms with Crippen LogP contribution in [0.4, 0.5) is 5.82 Å². The van der Waals surface area contributed by atoms with E-state index in [0.717, 1.165) is 28.2 Å². The average molecular weight is 312 g/mol. The van der Waals surface area contributed by atoms with Gasteiger partial charge in [-0.3, -0.25) is 4.48 Å². The summed E-state index contributed by atoms with van der Waals surface area (Å²) in [6.07, 6.45) is 1.59. The van der Waals surface area contributed by atoms with Crippen molar-refractivity contribution in [1.29, 1.82) is 0 Å². The smallest absolute Gasteiger partial charge is 0.238 e. The first-order valence-electron chi connectivity index (χ1n) is 6.83. The molecule has 0 unspecified atom stereocenters. The van der Waals surface area contributed by atoms with Gasteiger partial charge < -0.3 is 21.9 Å². The number of quaternary nitrogens is 1. The van der Waals surface area contributed by atoms with Gasteiger partial charge in [0.1, 0.15) is 6.33 Å². The number of aromatic nitrogens is 2. The molecule has 1 aromatic heterocycles. The van der Waals surface area contributed by atoms with Crippen molar-refractivity contribution in [2.24, 2.45) is 0 Å². The van der Waals surface area contributed by atoms with Crippen molar-refractivity contribution in [3.8, 4) is 11.5 Å². The van der Waals surface area contributed by atoms with Gasteiger partial charge in [0.15, 0.2) is 11.5 Å². The molecule has 2 rings (SSSR count). The van der Waals surface area contributed by atoms with Crippen LogP contribution < -0.4 is 26.4 Å². The number of benzene rings is 1. The van der Waals surface area contributed by atoms with E-state index in [-0.39, 0.29) is 12.4 Å². The molecule has 0 atom stereocenters. The van der Waals surface area contributed by atoms with Crippen molar-refractivity contribution in [2.45, 2.75) is 13.8 Å². The van der Waals surface area contributed by atoms with Gasteiger partial charge in [-0.15, -0.1) is 0 Å². The zero-order valence-corrected chi connectivity index (χ0v) is 13.9. The van der Waals surface area contributed by atoms with Crippen molar-refractivity contribution in [3.63, 3.8) is 0 Å². The second-order valence-electron chi connectivity index (χ2n) is 5.39. The highest BCUT2D eigenvalue weighted by Gasteiger charge is 2.20. The molecule has 0 saturated carbocycles. The summed E-state index contributed by atoms with van der Waals surface area (Å²) >= 11 is 0. The summed E-state index contributed by atoms with van der Waals surface area (Å²) in [7, 11) is 6.25. The summed E-state index contributed by atoms with van der Waals surface area (Å²) in [5.74, 6) is 2.43. The predicted octanol–water partition coefficient (Wildman–Crippen LogP) is -0.372. The summed E-state index contributed by atoms with van der Waals surface area (Å²) in [6.45, 7) is 5.11. The fourth-order valence-corrected chi connectivity index (χ4v) is 2.12. The Kier molecular flexibility index (Phi) is 5.75. The first-order valence-corrected chi connectivity index (χ1v) is 6.83. The minimum absolute atomic E-state index is 0. The van der Waals surface area contributed by atoms with E-state index in [2.05, 4.69) is 31.1 Å². The second-order valence-corrected chi connectivity index (χ2v) is 5.39. The Hall–Kier alpha value is -1.59. The van der Waals surface area contributed by atoms with E-state index in [1.807, 2.05) is 26.0 Å². The molecule has 6 heteroatoms. The van der Waals surface area contributed by atoms with Gasteiger partial charge in [0.2, 0.25) is 5.82 Å². The maximum Gasteiger partial charge on any atom is 0.238 e. The van der Waals surface area contributed by atoms with Gasteiger partial charge in [-0.2, -0.15) is 4.98 Å². The van der Waals surface area contributed by atoms with E-state index in [0.29, 0.717) is 17.7 Å². The molecule has 2 aromatic rings. The first-order chi connectivity index (χ1) is 9.47. The van der Waals surface area contributed by atoms with E-state index in [4.69, 9.17) is 9.47 Å². The lowest BCUT2D eigenvalue weighted by molar-refractivity contribution is -0.00000550. The quantitative estimate of drug-likeness (QED) is 0.707. The maximum absolute atomic E-state index is 5.68. The largest absolute Gasteiger partial charge is 1.00 e. The number of fused-ring (bicyclic) bond motifs is 1. The van der Waals surface area contributed by atoms with E-state index in [1.165, 1.54) is 0 Å². The fourth-order valence-electron chi connectivity index (χ4n) is 2.12. The fraction of sp³-hybridized carbons (Fsp3) is 0.467. The summed E-state index contributed by atoms with van der Waals surface area (Å²) < 4.78 is 11.9. The molecule has 0 amide bonds. The molecular weight excluding hydrogens is 290 g/mol. The first kappa shape index (κ1) is 17.5. The molecule has 116 valence electrons. The van der Waals surface area contributed by atoms with Crippen molar-refractivity contribution < 1.29 is 21.9 Å². The van der Waals surface area contributed by atoms with Gasteiger partial charge in [0, 0.05) is 12.1 Å². The summed E-state index contributed by atoms with van der Waals surface area (Å²) in [5.41, 5.74) is 0.870. The minimum atomic E-state index is 0.